The molecular weight excluding hydrogens is 258 g/mol. The second-order valence-electron chi connectivity index (χ2n) is 3.55. The zero-order valence-electron chi connectivity index (χ0n) is 9.30. The van der Waals surface area contributed by atoms with E-state index in [0.29, 0.717) is 16.6 Å². The van der Waals surface area contributed by atoms with Crippen molar-refractivity contribution in [1.82, 2.24) is 9.97 Å². The average molecular weight is 270 g/mol. The van der Waals surface area contributed by atoms with E-state index in [9.17, 15) is 0 Å². The number of rotatable bonds is 4. The Bertz CT molecular complexity index is 489. The molecule has 6 heteroatoms. The molecule has 0 aliphatic carbocycles. The number of hydrogen-bond donors (Lipinski definition) is 1. The Morgan fingerprint density at radius 1 is 1.47 bits per heavy atom. The van der Waals surface area contributed by atoms with Gasteiger partial charge in [-0.25, -0.2) is 4.98 Å². The van der Waals surface area contributed by atoms with Gasteiger partial charge in [0.1, 0.15) is 5.15 Å². The van der Waals surface area contributed by atoms with Crippen molar-refractivity contribution in [2.45, 2.75) is 13.2 Å². The van der Waals surface area contributed by atoms with Gasteiger partial charge >= 0.3 is 0 Å². The van der Waals surface area contributed by atoms with Crippen molar-refractivity contribution in [3.8, 4) is 0 Å². The van der Waals surface area contributed by atoms with Gasteiger partial charge in [-0.05, 0) is 12.1 Å². The SMILES string of the molecule is CN(Cc1ccccn1)c1nc(Cl)c(CO)s1. The van der Waals surface area contributed by atoms with Gasteiger partial charge in [-0.3, -0.25) is 4.98 Å². The Kier molecular flexibility index (Phi) is 3.93. The standard InChI is InChI=1S/C11H12ClN3OS/c1-15(6-8-4-2-3-5-13-8)11-14-10(12)9(7-16)17-11/h2-5,16H,6-7H2,1H3. The van der Waals surface area contributed by atoms with Gasteiger partial charge in [0.05, 0.1) is 23.7 Å². The Labute approximate surface area is 109 Å². The molecule has 0 fully saturated rings. The third-order valence-corrected chi connectivity index (χ3v) is 3.81. The quantitative estimate of drug-likeness (QED) is 0.925. The lowest BCUT2D eigenvalue weighted by atomic mass is 10.3. The van der Waals surface area contributed by atoms with Crippen LogP contribution in [0.5, 0.6) is 0 Å². The van der Waals surface area contributed by atoms with Gasteiger partial charge in [0.15, 0.2) is 5.13 Å². The molecule has 0 aromatic carbocycles. The molecule has 0 aliphatic rings. The van der Waals surface area contributed by atoms with Crippen LogP contribution < -0.4 is 4.90 Å². The number of pyridine rings is 1. The topological polar surface area (TPSA) is 49.2 Å². The van der Waals surface area contributed by atoms with Crippen LogP contribution in [0.25, 0.3) is 0 Å². The number of anilines is 1. The van der Waals surface area contributed by atoms with Crippen LogP contribution in [0.15, 0.2) is 24.4 Å². The highest BCUT2D eigenvalue weighted by Gasteiger charge is 2.12. The third-order valence-electron chi connectivity index (χ3n) is 2.23. The monoisotopic (exact) mass is 269 g/mol. The van der Waals surface area contributed by atoms with Gasteiger partial charge in [0.25, 0.3) is 0 Å². The van der Waals surface area contributed by atoms with E-state index in [1.807, 2.05) is 30.1 Å². The fourth-order valence-corrected chi connectivity index (χ4v) is 2.46. The molecule has 0 atom stereocenters. The van der Waals surface area contributed by atoms with E-state index in [0.717, 1.165) is 10.8 Å². The summed E-state index contributed by atoms with van der Waals surface area (Å²) in [6.45, 7) is 0.587. The maximum Gasteiger partial charge on any atom is 0.187 e. The van der Waals surface area contributed by atoms with E-state index >= 15 is 0 Å². The van der Waals surface area contributed by atoms with Crippen molar-refractivity contribution < 1.29 is 5.11 Å². The summed E-state index contributed by atoms with van der Waals surface area (Å²) in [5.41, 5.74) is 0.965. The second-order valence-corrected chi connectivity index (χ2v) is 4.97. The molecule has 0 unspecified atom stereocenters. The van der Waals surface area contributed by atoms with Crippen LogP contribution in [0, 0.1) is 0 Å². The highest BCUT2D eigenvalue weighted by atomic mass is 35.5. The number of hydrogen-bond acceptors (Lipinski definition) is 5. The van der Waals surface area contributed by atoms with E-state index in [-0.39, 0.29) is 6.61 Å². The van der Waals surface area contributed by atoms with Crippen LogP contribution in [0.4, 0.5) is 5.13 Å². The van der Waals surface area contributed by atoms with Gasteiger partial charge in [-0.15, -0.1) is 0 Å². The summed E-state index contributed by atoms with van der Waals surface area (Å²) >= 11 is 7.28. The summed E-state index contributed by atoms with van der Waals surface area (Å²) in [6, 6.07) is 5.79. The molecule has 0 saturated heterocycles. The molecule has 2 rings (SSSR count). The first kappa shape index (κ1) is 12.3. The zero-order valence-corrected chi connectivity index (χ0v) is 10.9. The van der Waals surface area contributed by atoms with E-state index in [1.54, 1.807) is 6.20 Å². The zero-order chi connectivity index (χ0) is 12.3. The smallest absolute Gasteiger partial charge is 0.187 e. The van der Waals surface area contributed by atoms with Crippen LogP contribution in [-0.4, -0.2) is 22.1 Å². The summed E-state index contributed by atoms with van der Waals surface area (Å²) < 4.78 is 0. The fraction of sp³-hybridized carbons (Fsp3) is 0.273. The summed E-state index contributed by atoms with van der Waals surface area (Å²) in [5.74, 6) is 0. The largest absolute Gasteiger partial charge is 0.391 e. The normalized spacial score (nSPS) is 10.5. The molecule has 0 spiro atoms. The number of aliphatic hydroxyl groups excluding tert-OH is 1. The molecular formula is C11H12ClN3OS. The maximum atomic E-state index is 9.06. The first-order valence-corrected chi connectivity index (χ1v) is 6.27. The van der Waals surface area contributed by atoms with Gasteiger partial charge in [-0.2, -0.15) is 0 Å². The molecule has 0 saturated carbocycles. The van der Waals surface area contributed by atoms with Crippen molar-refractivity contribution in [2.75, 3.05) is 11.9 Å². The highest BCUT2D eigenvalue weighted by molar-refractivity contribution is 7.16. The number of halogens is 1. The van der Waals surface area contributed by atoms with Crippen molar-refractivity contribution in [3.05, 3.63) is 40.1 Å². The molecule has 2 aromatic heterocycles. The Balaban J connectivity index is 2.12. The van der Waals surface area contributed by atoms with Crippen molar-refractivity contribution in [1.29, 1.82) is 0 Å². The predicted molar refractivity (Wildman–Crippen MR) is 69.4 cm³/mol. The van der Waals surface area contributed by atoms with E-state index in [2.05, 4.69) is 9.97 Å². The number of nitrogens with zero attached hydrogens (tertiary/aromatic N) is 3. The van der Waals surface area contributed by atoms with E-state index < -0.39 is 0 Å². The number of aromatic nitrogens is 2. The summed E-state index contributed by atoms with van der Waals surface area (Å²) in [5, 5.41) is 10.2. The van der Waals surface area contributed by atoms with Gasteiger partial charge in [-0.1, -0.05) is 29.0 Å². The Morgan fingerprint density at radius 2 is 2.29 bits per heavy atom. The average Bonchev–Trinajstić information content (AvgIpc) is 2.72. The lowest BCUT2D eigenvalue weighted by molar-refractivity contribution is 0.285. The van der Waals surface area contributed by atoms with Gasteiger partial charge in [0, 0.05) is 13.2 Å². The molecule has 90 valence electrons. The lowest BCUT2D eigenvalue weighted by Crippen LogP contribution is -2.16. The minimum absolute atomic E-state index is 0.0755. The number of aliphatic hydroxyl groups is 1. The fourth-order valence-electron chi connectivity index (χ4n) is 1.38. The minimum atomic E-state index is -0.0755. The van der Waals surface area contributed by atoms with Crippen LogP contribution in [0.3, 0.4) is 0 Å². The maximum absolute atomic E-state index is 9.06. The number of thiazole rings is 1. The molecule has 1 N–H and O–H groups in total. The molecule has 0 aliphatic heterocycles. The third kappa shape index (κ3) is 2.94. The van der Waals surface area contributed by atoms with Crippen LogP contribution >= 0.6 is 22.9 Å². The highest BCUT2D eigenvalue weighted by Crippen LogP contribution is 2.29. The summed E-state index contributed by atoms with van der Waals surface area (Å²) in [6.07, 6.45) is 1.76. The molecule has 2 heterocycles. The van der Waals surface area contributed by atoms with Crippen molar-refractivity contribution in [3.63, 3.8) is 0 Å². The summed E-state index contributed by atoms with van der Waals surface area (Å²) in [7, 11) is 1.92. The summed E-state index contributed by atoms with van der Waals surface area (Å²) in [4.78, 5) is 11.1. The molecule has 0 radical (unpaired) electrons. The predicted octanol–water partition coefficient (Wildman–Crippen LogP) is 2.32. The first-order chi connectivity index (χ1) is 8.20. The first-order valence-electron chi connectivity index (χ1n) is 5.08. The molecule has 0 amide bonds. The minimum Gasteiger partial charge on any atom is -0.391 e. The van der Waals surface area contributed by atoms with E-state index in [1.165, 1.54) is 11.3 Å². The van der Waals surface area contributed by atoms with Crippen molar-refractivity contribution in [2.24, 2.45) is 0 Å². The molecule has 17 heavy (non-hydrogen) atoms. The molecule has 4 nitrogen and oxygen atoms in total. The van der Waals surface area contributed by atoms with Gasteiger partial charge in [0.2, 0.25) is 0 Å². The van der Waals surface area contributed by atoms with Crippen molar-refractivity contribution >= 4 is 28.1 Å². The molecule has 0 bridgehead atoms. The van der Waals surface area contributed by atoms with Crippen LogP contribution in [-0.2, 0) is 13.2 Å². The lowest BCUT2D eigenvalue weighted by Gasteiger charge is -2.14. The van der Waals surface area contributed by atoms with Crippen LogP contribution in [0.1, 0.15) is 10.6 Å². The van der Waals surface area contributed by atoms with E-state index in [4.69, 9.17) is 16.7 Å². The van der Waals surface area contributed by atoms with Gasteiger partial charge < -0.3 is 10.0 Å². The Morgan fingerprint density at radius 3 is 2.88 bits per heavy atom. The Hall–Kier alpha value is -1.17. The second kappa shape index (κ2) is 5.44. The molecule has 2 aromatic rings. The van der Waals surface area contributed by atoms with Crippen LogP contribution in [0.2, 0.25) is 5.15 Å².